The number of nitrogens with one attached hydrogen (secondary N) is 1. The van der Waals surface area contributed by atoms with E-state index in [0.29, 0.717) is 19.5 Å². The lowest BCUT2D eigenvalue weighted by Gasteiger charge is -2.29. The second-order valence-electron chi connectivity index (χ2n) is 5.62. The average molecular weight is 247 g/mol. The summed E-state index contributed by atoms with van der Waals surface area (Å²) < 4.78 is 0. The molecule has 3 N–H and O–H groups in total. The summed E-state index contributed by atoms with van der Waals surface area (Å²) >= 11 is 0. The maximum absolute atomic E-state index is 12.1. The number of hydrogen-bond donors (Lipinski definition) is 2. The molecule has 0 radical (unpaired) electrons. The van der Waals surface area contributed by atoms with E-state index in [1.165, 1.54) is 0 Å². The van der Waals surface area contributed by atoms with Gasteiger partial charge in [-0.3, -0.25) is 4.79 Å². The predicted molar refractivity (Wildman–Crippen MR) is 74.9 cm³/mol. The van der Waals surface area contributed by atoms with Gasteiger partial charge in [-0.15, -0.1) is 0 Å². The van der Waals surface area contributed by atoms with Crippen LogP contribution in [0.3, 0.4) is 0 Å². The summed E-state index contributed by atoms with van der Waals surface area (Å²) in [6, 6.07) is 6.06. The number of rotatable bonds is 4. The zero-order valence-corrected chi connectivity index (χ0v) is 11.3. The third-order valence-electron chi connectivity index (χ3n) is 3.44. The molecule has 0 aromatic heterocycles. The van der Waals surface area contributed by atoms with Crippen LogP contribution in [-0.2, 0) is 11.2 Å². The quantitative estimate of drug-likeness (QED) is 0.849. The van der Waals surface area contributed by atoms with Gasteiger partial charge in [0.25, 0.3) is 0 Å². The van der Waals surface area contributed by atoms with Crippen LogP contribution in [0.25, 0.3) is 0 Å². The van der Waals surface area contributed by atoms with Crippen molar-refractivity contribution in [1.29, 1.82) is 0 Å². The molecule has 4 nitrogen and oxygen atoms in total. The maximum Gasteiger partial charge on any atom is 0.231 e. The van der Waals surface area contributed by atoms with E-state index in [9.17, 15) is 4.79 Å². The first-order valence-electron chi connectivity index (χ1n) is 6.28. The molecule has 0 fully saturated rings. The largest absolute Gasteiger partial charge is 0.388 e. The molecule has 1 aliphatic rings. The van der Waals surface area contributed by atoms with Gasteiger partial charge in [-0.25, -0.2) is 0 Å². The van der Waals surface area contributed by atoms with Crippen molar-refractivity contribution < 1.29 is 4.79 Å². The normalized spacial score (nSPS) is 14.9. The molecule has 1 amide bonds. The third kappa shape index (κ3) is 2.34. The van der Waals surface area contributed by atoms with Gasteiger partial charge in [-0.2, -0.15) is 0 Å². The summed E-state index contributed by atoms with van der Waals surface area (Å²) in [6.07, 6.45) is 0.492. The molecule has 1 aromatic carbocycles. The van der Waals surface area contributed by atoms with Crippen molar-refractivity contribution in [2.24, 2.45) is 11.1 Å². The Bertz CT molecular complexity index is 468. The van der Waals surface area contributed by atoms with Gasteiger partial charge >= 0.3 is 0 Å². The van der Waals surface area contributed by atoms with Crippen LogP contribution < -0.4 is 16.0 Å². The standard InChI is InChI=1S/C14H21N3O/c1-14(2,8-15)9-17-12-5-4-11(16-3)6-10(12)7-13(17)18/h4-6,16H,7-9,15H2,1-3H3. The SMILES string of the molecule is CNc1ccc2c(c1)CC(=O)N2CC(C)(C)CN. The molecule has 0 unspecified atom stereocenters. The van der Waals surface area contributed by atoms with Gasteiger partial charge in [0.1, 0.15) is 0 Å². The number of amides is 1. The zero-order valence-electron chi connectivity index (χ0n) is 11.3. The fourth-order valence-electron chi connectivity index (χ4n) is 2.20. The Balaban J connectivity index is 2.28. The van der Waals surface area contributed by atoms with Crippen molar-refractivity contribution in [3.05, 3.63) is 23.8 Å². The number of benzene rings is 1. The zero-order chi connectivity index (χ0) is 13.3. The Hall–Kier alpha value is -1.55. The summed E-state index contributed by atoms with van der Waals surface area (Å²) in [6.45, 7) is 5.41. The van der Waals surface area contributed by atoms with Crippen molar-refractivity contribution in [1.82, 2.24) is 0 Å². The van der Waals surface area contributed by atoms with E-state index in [4.69, 9.17) is 5.73 Å². The summed E-state index contributed by atoms with van der Waals surface area (Å²) in [5.41, 5.74) is 8.86. The van der Waals surface area contributed by atoms with Gasteiger partial charge in [0.15, 0.2) is 0 Å². The van der Waals surface area contributed by atoms with Crippen LogP contribution in [0, 0.1) is 5.41 Å². The maximum atomic E-state index is 12.1. The minimum absolute atomic E-state index is 0.0566. The molecule has 0 saturated heterocycles. The highest BCUT2D eigenvalue weighted by Crippen LogP contribution is 2.33. The Morgan fingerprint density at radius 3 is 2.78 bits per heavy atom. The van der Waals surface area contributed by atoms with Crippen LogP contribution in [0.4, 0.5) is 11.4 Å². The lowest BCUT2D eigenvalue weighted by atomic mass is 9.93. The minimum atomic E-state index is -0.0566. The van der Waals surface area contributed by atoms with Gasteiger partial charge in [0, 0.05) is 25.0 Å². The van der Waals surface area contributed by atoms with Crippen molar-refractivity contribution in [3.63, 3.8) is 0 Å². The molecular formula is C14H21N3O. The molecule has 1 aliphatic heterocycles. The van der Waals surface area contributed by atoms with Crippen LogP contribution in [0.1, 0.15) is 19.4 Å². The van der Waals surface area contributed by atoms with Crippen LogP contribution in [0.15, 0.2) is 18.2 Å². The fraction of sp³-hybridized carbons (Fsp3) is 0.500. The molecule has 1 aromatic rings. The highest BCUT2D eigenvalue weighted by Gasteiger charge is 2.31. The van der Waals surface area contributed by atoms with Crippen molar-refractivity contribution >= 4 is 17.3 Å². The lowest BCUT2D eigenvalue weighted by molar-refractivity contribution is -0.117. The third-order valence-corrected chi connectivity index (χ3v) is 3.44. The van der Waals surface area contributed by atoms with Crippen LogP contribution in [0.2, 0.25) is 0 Å². The lowest BCUT2D eigenvalue weighted by Crippen LogP contribution is -2.40. The summed E-state index contributed by atoms with van der Waals surface area (Å²) in [5, 5.41) is 3.10. The van der Waals surface area contributed by atoms with Gasteiger partial charge in [0.05, 0.1) is 6.42 Å². The van der Waals surface area contributed by atoms with Gasteiger partial charge in [-0.05, 0) is 35.7 Å². The monoisotopic (exact) mass is 247 g/mol. The van der Waals surface area contributed by atoms with E-state index in [-0.39, 0.29) is 11.3 Å². The average Bonchev–Trinajstić information content (AvgIpc) is 2.64. The first-order valence-corrected chi connectivity index (χ1v) is 6.28. The van der Waals surface area contributed by atoms with Crippen molar-refractivity contribution in [2.75, 3.05) is 30.4 Å². The van der Waals surface area contributed by atoms with E-state index in [0.717, 1.165) is 16.9 Å². The van der Waals surface area contributed by atoms with Crippen LogP contribution in [0.5, 0.6) is 0 Å². The Morgan fingerprint density at radius 2 is 2.17 bits per heavy atom. The van der Waals surface area contributed by atoms with E-state index in [1.807, 2.05) is 30.1 Å². The van der Waals surface area contributed by atoms with Gasteiger partial charge < -0.3 is 16.0 Å². The number of fused-ring (bicyclic) bond motifs is 1. The summed E-state index contributed by atoms with van der Waals surface area (Å²) in [5.74, 6) is 0.166. The molecule has 0 spiro atoms. The number of nitrogens with zero attached hydrogens (tertiary/aromatic N) is 1. The number of hydrogen-bond acceptors (Lipinski definition) is 3. The smallest absolute Gasteiger partial charge is 0.231 e. The molecule has 98 valence electrons. The topological polar surface area (TPSA) is 58.4 Å². The van der Waals surface area contributed by atoms with Crippen LogP contribution >= 0.6 is 0 Å². The molecule has 2 rings (SSSR count). The Morgan fingerprint density at radius 1 is 1.44 bits per heavy atom. The Labute approximate surface area is 108 Å². The van der Waals surface area contributed by atoms with E-state index >= 15 is 0 Å². The van der Waals surface area contributed by atoms with Crippen molar-refractivity contribution in [2.45, 2.75) is 20.3 Å². The second kappa shape index (κ2) is 4.61. The van der Waals surface area contributed by atoms with E-state index < -0.39 is 0 Å². The summed E-state index contributed by atoms with van der Waals surface area (Å²) in [4.78, 5) is 14.0. The number of carbonyl (C=O) groups excluding carboxylic acids is 1. The van der Waals surface area contributed by atoms with Crippen molar-refractivity contribution in [3.8, 4) is 0 Å². The second-order valence-corrected chi connectivity index (χ2v) is 5.62. The highest BCUT2D eigenvalue weighted by atomic mass is 16.2. The van der Waals surface area contributed by atoms with E-state index in [1.54, 1.807) is 0 Å². The number of anilines is 2. The first kappa shape index (κ1) is 12.9. The molecule has 0 aliphatic carbocycles. The molecule has 4 heteroatoms. The molecule has 0 saturated carbocycles. The molecule has 0 bridgehead atoms. The van der Waals surface area contributed by atoms with E-state index in [2.05, 4.69) is 19.2 Å². The fourth-order valence-corrected chi connectivity index (χ4v) is 2.20. The Kier molecular flexibility index (Phi) is 3.30. The van der Waals surface area contributed by atoms with Crippen LogP contribution in [-0.4, -0.2) is 26.0 Å². The summed E-state index contributed by atoms with van der Waals surface area (Å²) in [7, 11) is 1.88. The van der Waals surface area contributed by atoms with Gasteiger partial charge in [0.2, 0.25) is 5.91 Å². The molecule has 0 atom stereocenters. The molecule has 1 heterocycles. The number of carbonyl (C=O) groups is 1. The number of nitrogens with two attached hydrogens (primary N) is 1. The predicted octanol–water partition coefficient (Wildman–Crippen LogP) is 1.60. The molecule has 18 heavy (non-hydrogen) atoms. The minimum Gasteiger partial charge on any atom is -0.388 e. The molecular weight excluding hydrogens is 226 g/mol. The first-order chi connectivity index (χ1) is 8.46. The van der Waals surface area contributed by atoms with Gasteiger partial charge in [-0.1, -0.05) is 13.8 Å². The highest BCUT2D eigenvalue weighted by molar-refractivity contribution is 6.01.